The summed E-state index contributed by atoms with van der Waals surface area (Å²) in [5.41, 5.74) is -0.727. The SMILES string of the molecule is CCNC(=O)Nc1cc(-c2nc(C(F)(F)F)cs2)c(-c2ccc3c(c2)c(=O)c(C(=O)O)cn3CC2CCCO2)cn1. The number of aromatic carboxylic acids is 1. The number of carbonyl (C=O) groups excluding carboxylic acids is 1. The number of carbonyl (C=O) groups is 2. The van der Waals surface area contributed by atoms with E-state index < -0.39 is 34.9 Å². The van der Waals surface area contributed by atoms with Crippen LogP contribution in [0.15, 0.2) is 46.8 Å². The standard InChI is InChI=1S/C27H24F3N5O5S/c1-2-31-26(39)34-22-9-16(24-33-21(13-41-24)27(28,29)30)18(10-32-22)14-5-6-20-17(8-14)23(36)19(25(37)38)12-35(20)11-15-4-3-7-40-15/h5-6,8-10,12-13,15H,2-4,7,11H2,1H3,(H,37,38)(H2,31,32,34,39). The number of halogens is 3. The van der Waals surface area contributed by atoms with E-state index in [1.807, 2.05) is 0 Å². The van der Waals surface area contributed by atoms with Crippen LogP contribution >= 0.6 is 11.3 Å². The molecule has 3 aromatic heterocycles. The van der Waals surface area contributed by atoms with Gasteiger partial charge in [0.1, 0.15) is 16.4 Å². The number of aromatic nitrogens is 3. The number of benzene rings is 1. The molecule has 0 radical (unpaired) electrons. The predicted molar refractivity (Wildman–Crippen MR) is 146 cm³/mol. The fraction of sp³-hybridized carbons (Fsp3) is 0.296. The van der Waals surface area contributed by atoms with Crippen molar-refractivity contribution in [3.63, 3.8) is 0 Å². The number of amides is 2. The van der Waals surface area contributed by atoms with E-state index in [2.05, 4.69) is 20.6 Å². The van der Waals surface area contributed by atoms with E-state index >= 15 is 0 Å². The number of nitrogens with zero attached hydrogens (tertiary/aromatic N) is 3. The minimum absolute atomic E-state index is 0.0175. The summed E-state index contributed by atoms with van der Waals surface area (Å²) in [4.78, 5) is 45.2. The van der Waals surface area contributed by atoms with Gasteiger partial charge in [-0.15, -0.1) is 11.3 Å². The zero-order valence-electron chi connectivity index (χ0n) is 21.6. The van der Waals surface area contributed by atoms with Crippen molar-refractivity contribution in [2.45, 2.75) is 38.6 Å². The van der Waals surface area contributed by atoms with E-state index in [-0.39, 0.29) is 27.9 Å². The molecule has 10 nitrogen and oxygen atoms in total. The molecule has 1 fully saturated rings. The molecule has 1 saturated heterocycles. The van der Waals surface area contributed by atoms with Crippen molar-refractivity contribution in [1.29, 1.82) is 0 Å². The smallest absolute Gasteiger partial charge is 0.434 e. The first-order valence-electron chi connectivity index (χ1n) is 12.7. The van der Waals surface area contributed by atoms with E-state index in [1.54, 1.807) is 23.6 Å². The van der Waals surface area contributed by atoms with Crippen LogP contribution in [0.2, 0.25) is 0 Å². The maximum absolute atomic E-state index is 13.4. The molecule has 4 aromatic rings. The molecule has 3 N–H and O–H groups in total. The summed E-state index contributed by atoms with van der Waals surface area (Å²) >= 11 is 0.765. The van der Waals surface area contributed by atoms with Crippen LogP contribution in [-0.2, 0) is 17.5 Å². The van der Waals surface area contributed by atoms with Crippen molar-refractivity contribution >= 4 is 40.1 Å². The van der Waals surface area contributed by atoms with Crippen LogP contribution in [0.4, 0.5) is 23.8 Å². The fourth-order valence-electron chi connectivity index (χ4n) is 4.66. The molecule has 0 aliphatic carbocycles. The highest BCUT2D eigenvalue weighted by atomic mass is 32.1. The van der Waals surface area contributed by atoms with E-state index in [4.69, 9.17) is 4.74 Å². The van der Waals surface area contributed by atoms with Crippen molar-refractivity contribution in [2.24, 2.45) is 0 Å². The minimum Gasteiger partial charge on any atom is -0.477 e. The highest BCUT2D eigenvalue weighted by molar-refractivity contribution is 7.13. The lowest BCUT2D eigenvalue weighted by Gasteiger charge is -2.17. The molecule has 4 heterocycles. The number of fused-ring (bicyclic) bond motifs is 1. The molecular formula is C27H24F3N5O5S. The van der Waals surface area contributed by atoms with Gasteiger partial charge in [-0.1, -0.05) is 6.07 Å². The summed E-state index contributed by atoms with van der Waals surface area (Å²) in [6.07, 6.45) is -0.444. The number of carboxylic acid groups (broad SMARTS) is 1. The van der Waals surface area contributed by atoms with Gasteiger partial charge in [-0.3, -0.25) is 10.1 Å². The Balaban J connectivity index is 1.66. The number of alkyl halides is 3. The summed E-state index contributed by atoms with van der Waals surface area (Å²) in [7, 11) is 0. The van der Waals surface area contributed by atoms with Gasteiger partial charge in [0.2, 0.25) is 5.43 Å². The van der Waals surface area contributed by atoms with Crippen LogP contribution in [-0.4, -0.2) is 50.9 Å². The number of anilines is 1. The molecule has 1 aromatic carbocycles. The zero-order valence-corrected chi connectivity index (χ0v) is 22.4. The van der Waals surface area contributed by atoms with Crippen molar-refractivity contribution in [1.82, 2.24) is 19.9 Å². The van der Waals surface area contributed by atoms with E-state index in [1.165, 1.54) is 24.5 Å². The van der Waals surface area contributed by atoms with Crippen LogP contribution in [0, 0.1) is 0 Å². The Labute approximate surface area is 234 Å². The van der Waals surface area contributed by atoms with Gasteiger partial charge in [0.25, 0.3) is 0 Å². The van der Waals surface area contributed by atoms with Crippen LogP contribution < -0.4 is 16.1 Å². The van der Waals surface area contributed by atoms with Gasteiger partial charge >= 0.3 is 18.2 Å². The number of rotatable bonds is 7. The van der Waals surface area contributed by atoms with Crippen LogP contribution in [0.3, 0.4) is 0 Å². The highest BCUT2D eigenvalue weighted by Crippen LogP contribution is 2.39. The molecule has 1 aliphatic rings. The molecule has 41 heavy (non-hydrogen) atoms. The summed E-state index contributed by atoms with van der Waals surface area (Å²) in [6, 6.07) is 5.67. The largest absolute Gasteiger partial charge is 0.477 e. The maximum Gasteiger partial charge on any atom is 0.434 e. The van der Waals surface area contributed by atoms with Gasteiger partial charge in [-0.05, 0) is 43.5 Å². The van der Waals surface area contributed by atoms with Crippen molar-refractivity contribution in [2.75, 3.05) is 18.5 Å². The number of urea groups is 1. The van der Waals surface area contributed by atoms with Crippen LogP contribution in [0.25, 0.3) is 32.6 Å². The Kier molecular flexibility index (Phi) is 7.78. The van der Waals surface area contributed by atoms with E-state index in [0.717, 1.165) is 29.6 Å². The van der Waals surface area contributed by atoms with Gasteiger partial charge in [-0.2, -0.15) is 13.2 Å². The second-order valence-corrected chi connectivity index (χ2v) is 10.2. The Morgan fingerprint density at radius 3 is 2.71 bits per heavy atom. The first-order chi connectivity index (χ1) is 19.5. The molecule has 2 amide bonds. The van der Waals surface area contributed by atoms with Gasteiger partial charge in [-0.25, -0.2) is 19.6 Å². The Morgan fingerprint density at radius 2 is 2.05 bits per heavy atom. The second kappa shape index (κ2) is 11.3. The Bertz CT molecular complexity index is 1700. The first-order valence-corrected chi connectivity index (χ1v) is 13.5. The number of ether oxygens (including phenoxy) is 1. The maximum atomic E-state index is 13.4. The van der Waals surface area contributed by atoms with Crippen molar-refractivity contribution in [3.05, 3.63) is 63.5 Å². The monoisotopic (exact) mass is 587 g/mol. The van der Waals surface area contributed by atoms with Gasteiger partial charge in [0.05, 0.1) is 11.6 Å². The Hall–Kier alpha value is -4.30. The normalized spacial score (nSPS) is 15.3. The molecule has 1 unspecified atom stereocenters. The summed E-state index contributed by atoms with van der Waals surface area (Å²) in [6.45, 7) is 3.02. The molecule has 5 rings (SSSR count). The minimum atomic E-state index is -4.66. The van der Waals surface area contributed by atoms with Gasteiger partial charge in [0.15, 0.2) is 5.69 Å². The number of pyridine rings is 2. The third-order valence-electron chi connectivity index (χ3n) is 6.55. The molecule has 214 valence electrons. The Morgan fingerprint density at radius 1 is 1.24 bits per heavy atom. The number of carboxylic acids is 1. The van der Waals surface area contributed by atoms with E-state index in [9.17, 15) is 32.7 Å². The molecule has 1 atom stereocenters. The number of hydrogen-bond donors (Lipinski definition) is 3. The van der Waals surface area contributed by atoms with Crippen molar-refractivity contribution in [3.8, 4) is 21.7 Å². The summed E-state index contributed by atoms with van der Waals surface area (Å²) in [5.74, 6) is -1.31. The quantitative estimate of drug-likeness (QED) is 0.270. The van der Waals surface area contributed by atoms with Gasteiger partial charge in [0, 0.05) is 54.0 Å². The average molecular weight is 588 g/mol. The third kappa shape index (κ3) is 5.93. The van der Waals surface area contributed by atoms with Crippen molar-refractivity contribution < 1.29 is 32.6 Å². The fourth-order valence-corrected chi connectivity index (χ4v) is 5.51. The second-order valence-electron chi connectivity index (χ2n) is 9.33. The molecular weight excluding hydrogens is 563 g/mol. The van der Waals surface area contributed by atoms with Crippen LogP contribution in [0.1, 0.15) is 35.8 Å². The third-order valence-corrected chi connectivity index (χ3v) is 7.43. The average Bonchev–Trinajstić information content (AvgIpc) is 3.63. The number of hydrogen-bond acceptors (Lipinski definition) is 7. The molecule has 14 heteroatoms. The topological polar surface area (TPSA) is 135 Å². The summed E-state index contributed by atoms with van der Waals surface area (Å²) in [5, 5.41) is 15.8. The molecule has 1 aliphatic heterocycles. The number of nitrogens with one attached hydrogen (secondary N) is 2. The lowest BCUT2D eigenvalue weighted by Crippen LogP contribution is -2.28. The van der Waals surface area contributed by atoms with Crippen LogP contribution in [0.5, 0.6) is 0 Å². The number of thiazole rings is 1. The van der Waals surface area contributed by atoms with Gasteiger partial charge < -0.3 is 19.7 Å². The summed E-state index contributed by atoms with van der Waals surface area (Å²) < 4.78 is 47.4. The molecule has 0 spiro atoms. The predicted octanol–water partition coefficient (Wildman–Crippen LogP) is 5.22. The first kappa shape index (κ1) is 28.2. The van der Waals surface area contributed by atoms with E-state index in [0.29, 0.717) is 36.3 Å². The highest BCUT2D eigenvalue weighted by Gasteiger charge is 2.34. The zero-order chi connectivity index (χ0) is 29.3. The lowest BCUT2D eigenvalue weighted by atomic mass is 9.99. The molecule has 0 saturated carbocycles. The molecule has 0 bridgehead atoms. The lowest BCUT2D eigenvalue weighted by molar-refractivity contribution is -0.140.